The molecule has 2 aromatic carbocycles. The van der Waals surface area contributed by atoms with Gasteiger partial charge in [-0.3, -0.25) is 0 Å². The normalized spacial score (nSPS) is 10.7. The van der Waals surface area contributed by atoms with E-state index in [1.54, 1.807) is 24.9 Å². The summed E-state index contributed by atoms with van der Waals surface area (Å²) in [5.41, 5.74) is 1.76. The number of fused-ring (bicyclic) bond motifs is 1. The van der Waals surface area contributed by atoms with Crippen molar-refractivity contribution < 1.29 is 14.2 Å². The highest BCUT2D eigenvalue weighted by Gasteiger charge is 2.13. The van der Waals surface area contributed by atoms with Crippen molar-refractivity contribution in [1.82, 2.24) is 19.6 Å². The third kappa shape index (κ3) is 3.39. The average molecular weight is 362 g/mol. The molecule has 0 bridgehead atoms. The molecule has 4 rings (SSSR count). The first-order chi connectivity index (χ1) is 13.3. The molecule has 0 saturated carbocycles. The first-order valence-corrected chi connectivity index (χ1v) is 8.39. The lowest BCUT2D eigenvalue weighted by Gasteiger charge is -2.10. The molecule has 0 fully saturated rings. The first-order valence-electron chi connectivity index (χ1n) is 8.39. The molecular formula is C20H18N4O3. The fraction of sp³-hybridized carbons (Fsp3) is 0.150. The Morgan fingerprint density at radius 3 is 2.52 bits per heavy atom. The van der Waals surface area contributed by atoms with Gasteiger partial charge in [0.1, 0.15) is 12.4 Å². The van der Waals surface area contributed by atoms with Crippen molar-refractivity contribution in [3.63, 3.8) is 0 Å². The van der Waals surface area contributed by atoms with Crippen LogP contribution in [0.5, 0.6) is 17.2 Å². The number of benzene rings is 2. The van der Waals surface area contributed by atoms with Crippen LogP contribution >= 0.6 is 0 Å². The van der Waals surface area contributed by atoms with Crippen LogP contribution in [-0.4, -0.2) is 33.8 Å². The lowest BCUT2D eigenvalue weighted by Crippen LogP contribution is -1.99. The lowest BCUT2D eigenvalue weighted by atomic mass is 10.1. The van der Waals surface area contributed by atoms with Crippen LogP contribution in [0.4, 0.5) is 0 Å². The summed E-state index contributed by atoms with van der Waals surface area (Å²) in [7, 11) is 3.22. The third-order valence-electron chi connectivity index (χ3n) is 4.07. The Kier molecular flexibility index (Phi) is 4.57. The Balaban J connectivity index is 1.67. The zero-order valence-corrected chi connectivity index (χ0v) is 15.0. The minimum Gasteiger partial charge on any atom is -0.493 e. The second-order valence-corrected chi connectivity index (χ2v) is 5.74. The molecular weight excluding hydrogens is 344 g/mol. The molecule has 0 aliphatic rings. The maximum absolute atomic E-state index is 5.73. The maximum Gasteiger partial charge on any atom is 0.253 e. The topological polar surface area (TPSA) is 70.8 Å². The summed E-state index contributed by atoms with van der Waals surface area (Å²) in [6.45, 7) is 0.263. The van der Waals surface area contributed by atoms with E-state index in [0.29, 0.717) is 23.1 Å². The molecule has 7 heteroatoms. The molecule has 0 atom stereocenters. The van der Waals surface area contributed by atoms with Crippen molar-refractivity contribution in [2.24, 2.45) is 0 Å². The van der Waals surface area contributed by atoms with E-state index in [1.807, 2.05) is 54.6 Å². The number of hydrogen-bond donors (Lipinski definition) is 0. The van der Waals surface area contributed by atoms with Crippen molar-refractivity contribution >= 4 is 5.78 Å². The lowest BCUT2D eigenvalue weighted by molar-refractivity contribution is 0.296. The van der Waals surface area contributed by atoms with Crippen LogP contribution in [0.15, 0.2) is 60.8 Å². The van der Waals surface area contributed by atoms with Crippen molar-refractivity contribution in [1.29, 1.82) is 0 Å². The van der Waals surface area contributed by atoms with Gasteiger partial charge in [0.25, 0.3) is 5.78 Å². The number of ether oxygens (including phenoxy) is 3. The van der Waals surface area contributed by atoms with E-state index in [2.05, 4.69) is 15.1 Å². The quantitative estimate of drug-likeness (QED) is 0.524. The average Bonchev–Trinajstić information content (AvgIpc) is 3.15. The summed E-state index contributed by atoms with van der Waals surface area (Å²) in [4.78, 5) is 8.75. The SMILES string of the molecule is COc1ccc(-c2ccnc3nc(COc4ccccc4)nn23)cc1OC. The van der Waals surface area contributed by atoms with Gasteiger partial charge in [-0.1, -0.05) is 18.2 Å². The number of para-hydroxylation sites is 1. The van der Waals surface area contributed by atoms with Crippen molar-refractivity contribution in [3.8, 4) is 28.5 Å². The van der Waals surface area contributed by atoms with Gasteiger partial charge in [0.05, 0.1) is 19.9 Å². The van der Waals surface area contributed by atoms with Crippen LogP contribution in [0.2, 0.25) is 0 Å². The van der Waals surface area contributed by atoms with Crippen LogP contribution in [0.25, 0.3) is 17.0 Å². The summed E-state index contributed by atoms with van der Waals surface area (Å²) in [6.07, 6.45) is 1.71. The Bertz CT molecular complexity index is 1060. The summed E-state index contributed by atoms with van der Waals surface area (Å²) < 4.78 is 18.1. The Hall–Kier alpha value is -3.61. The fourth-order valence-electron chi connectivity index (χ4n) is 2.78. The van der Waals surface area contributed by atoms with Gasteiger partial charge in [-0.25, -0.2) is 4.98 Å². The van der Waals surface area contributed by atoms with E-state index in [0.717, 1.165) is 17.0 Å². The standard InChI is InChI=1S/C20H18N4O3/c1-25-17-9-8-14(12-18(17)26-2)16-10-11-21-20-22-19(23-24(16)20)13-27-15-6-4-3-5-7-15/h3-12H,13H2,1-2H3. The molecule has 0 amide bonds. The molecule has 2 heterocycles. The number of nitrogens with zero attached hydrogens (tertiary/aromatic N) is 4. The molecule has 27 heavy (non-hydrogen) atoms. The molecule has 0 aliphatic heterocycles. The van der Waals surface area contributed by atoms with Crippen LogP contribution in [0.3, 0.4) is 0 Å². The van der Waals surface area contributed by atoms with Gasteiger partial charge in [0.2, 0.25) is 0 Å². The Morgan fingerprint density at radius 1 is 0.926 bits per heavy atom. The van der Waals surface area contributed by atoms with E-state index < -0.39 is 0 Å². The van der Waals surface area contributed by atoms with Gasteiger partial charge in [0, 0.05) is 11.8 Å². The summed E-state index contributed by atoms with van der Waals surface area (Å²) >= 11 is 0. The van der Waals surface area contributed by atoms with Crippen LogP contribution < -0.4 is 14.2 Å². The molecule has 4 aromatic rings. The molecule has 2 aromatic heterocycles. The molecule has 0 aliphatic carbocycles. The predicted molar refractivity (Wildman–Crippen MR) is 100 cm³/mol. The molecule has 136 valence electrons. The number of methoxy groups -OCH3 is 2. The number of hydrogen-bond acceptors (Lipinski definition) is 6. The molecule has 0 radical (unpaired) electrons. The van der Waals surface area contributed by atoms with Crippen LogP contribution in [-0.2, 0) is 6.61 Å². The van der Waals surface area contributed by atoms with Crippen LogP contribution in [0, 0.1) is 0 Å². The molecule has 0 saturated heterocycles. The second kappa shape index (κ2) is 7.33. The highest BCUT2D eigenvalue weighted by molar-refractivity contribution is 5.65. The van der Waals surface area contributed by atoms with E-state index in [-0.39, 0.29) is 6.61 Å². The summed E-state index contributed by atoms with van der Waals surface area (Å²) in [5.74, 6) is 3.15. The summed E-state index contributed by atoms with van der Waals surface area (Å²) in [6, 6.07) is 17.1. The van der Waals surface area contributed by atoms with E-state index in [9.17, 15) is 0 Å². The minimum absolute atomic E-state index is 0.263. The monoisotopic (exact) mass is 362 g/mol. The van der Waals surface area contributed by atoms with Crippen molar-refractivity contribution in [3.05, 3.63) is 66.6 Å². The molecule has 0 unspecified atom stereocenters. The predicted octanol–water partition coefficient (Wildman–Crippen LogP) is 3.39. The van der Waals surface area contributed by atoms with E-state index in [1.165, 1.54) is 0 Å². The number of aromatic nitrogens is 4. The van der Waals surface area contributed by atoms with Gasteiger partial charge in [-0.2, -0.15) is 9.50 Å². The first kappa shape index (κ1) is 16.8. The van der Waals surface area contributed by atoms with Gasteiger partial charge in [-0.15, -0.1) is 5.10 Å². The Morgan fingerprint density at radius 2 is 1.74 bits per heavy atom. The van der Waals surface area contributed by atoms with Gasteiger partial charge >= 0.3 is 0 Å². The smallest absolute Gasteiger partial charge is 0.253 e. The van der Waals surface area contributed by atoms with E-state index in [4.69, 9.17) is 14.2 Å². The fourth-order valence-corrected chi connectivity index (χ4v) is 2.78. The highest BCUT2D eigenvalue weighted by atomic mass is 16.5. The van der Waals surface area contributed by atoms with E-state index >= 15 is 0 Å². The maximum atomic E-state index is 5.73. The minimum atomic E-state index is 0.263. The molecule has 0 spiro atoms. The molecule has 0 N–H and O–H groups in total. The van der Waals surface area contributed by atoms with Gasteiger partial charge in [0.15, 0.2) is 17.3 Å². The highest BCUT2D eigenvalue weighted by Crippen LogP contribution is 2.32. The molecule has 7 nitrogen and oxygen atoms in total. The zero-order chi connectivity index (χ0) is 18.6. The van der Waals surface area contributed by atoms with Crippen LogP contribution in [0.1, 0.15) is 5.82 Å². The number of rotatable bonds is 6. The van der Waals surface area contributed by atoms with Gasteiger partial charge in [-0.05, 0) is 36.4 Å². The zero-order valence-electron chi connectivity index (χ0n) is 15.0. The van der Waals surface area contributed by atoms with Crippen molar-refractivity contribution in [2.45, 2.75) is 6.61 Å². The largest absolute Gasteiger partial charge is 0.493 e. The summed E-state index contributed by atoms with van der Waals surface area (Å²) in [5, 5.41) is 4.55. The van der Waals surface area contributed by atoms with Crippen molar-refractivity contribution in [2.75, 3.05) is 14.2 Å². The third-order valence-corrected chi connectivity index (χ3v) is 4.07. The second-order valence-electron chi connectivity index (χ2n) is 5.74. The Labute approximate surface area is 156 Å². The van der Waals surface area contributed by atoms with Gasteiger partial charge < -0.3 is 14.2 Å².